The van der Waals surface area contributed by atoms with Crippen LogP contribution >= 0.6 is 23.4 Å². The number of fused-ring (bicyclic) bond motifs is 1. The minimum atomic E-state index is -0.114. The van der Waals surface area contributed by atoms with Gasteiger partial charge in [0.15, 0.2) is 10.9 Å². The van der Waals surface area contributed by atoms with Crippen molar-refractivity contribution in [3.63, 3.8) is 0 Å². The second kappa shape index (κ2) is 13.0. The Kier molecular flexibility index (Phi) is 9.55. The normalized spacial score (nSPS) is 15.3. The number of thioether (sulfide) groups is 1. The molecule has 1 amide bonds. The number of hydrogen-bond acceptors (Lipinski definition) is 6. The van der Waals surface area contributed by atoms with Crippen LogP contribution in [0.3, 0.4) is 0 Å². The molecular weight excluding hydrogens is 498 g/mol. The van der Waals surface area contributed by atoms with Crippen molar-refractivity contribution in [3.8, 4) is 0 Å². The molecule has 1 saturated heterocycles. The first-order valence-corrected chi connectivity index (χ1v) is 13.7. The number of aromatic nitrogens is 2. The monoisotopic (exact) mass is 527 g/mol. The molecule has 4 rings (SSSR count). The Balaban J connectivity index is 1.34. The molecule has 3 aromatic rings. The highest BCUT2D eigenvalue weighted by Crippen LogP contribution is 2.21. The lowest BCUT2D eigenvalue weighted by molar-refractivity contribution is -0.121. The zero-order valence-electron chi connectivity index (χ0n) is 20.1. The highest BCUT2D eigenvalue weighted by atomic mass is 35.5. The molecule has 1 unspecified atom stereocenters. The van der Waals surface area contributed by atoms with Gasteiger partial charge in [0.2, 0.25) is 5.91 Å². The van der Waals surface area contributed by atoms with E-state index in [4.69, 9.17) is 16.3 Å². The molecule has 0 bridgehead atoms. The van der Waals surface area contributed by atoms with Gasteiger partial charge in [-0.1, -0.05) is 41.9 Å². The summed E-state index contributed by atoms with van der Waals surface area (Å²) in [5.74, 6) is 0.142. The summed E-state index contributed by atoms with van der Waals surface area (Å²) < 4.78 is 7.18. The Hall–Kier alpha value is -2.68. The largest absolute Gasteiger partial charge is 0.376 e. The van der Waals surface area contributed by atoms with E-state index in [1.54, 1.807) is 41.0 Å². The number of ketones is 1. The summed E-state index contributed by atoms with van der Waals surface area (Å²) in [6.07, 6.45) is 4.93. The number of unbranched alkanes of at least 4 members (excludes halogenated alkanes) is 2. The van der Waals surface area contributed by atoms with Crippen LogP contribution in [-0.2, 0) is 16.1 Å². The standard InChI is InChI=1S/C27H30ClN3O4S/c28-20-13-11-19(12-14-20)24(32)18-36-27-30-23-9-4-3-8-22(23)26(34)31(27)15-5-1-2-10-25(33)29-17-21-7-6-16-35-21/h3-4,8-9,11-14,21H,1-2,5-7,10,15-18H2,(H,29,33). The van der Waals surface area contributed by atoms with Crippen LogP contribution < -0.4 is 10.9 Å². The van der Waals surface area contributed by atoms with Gasteiger partial charge in [-0.15, -0.1) is 0 Å². The molecular formula is C27H30ClN3O4S. The number of Topliss-reactive ketones (excluding diaryl/α,β-unsaturated/α-hetero) is 1. The number of para-hydroxylation sites is 1. The number of ether oxygens (including phenoxy) is 1. The van der Waals surface area contributed by atoms with Crippen molar-refractivity contribution in [1.82, 2.24) is 14.9 Å². The Morgan fingerprint density at radius 3 is 2.69 bits per heavy atom. The van der Waals surface area contributed by atoms with Crippen LogP contribution in [0.2, 0.25) is 5.02 Å². The molecule has 0 spiro atoms. The minimum Gasteiger partial charge on any atom is -0.376 e. The Bertz CT molecular complexity index is 1260. The van der Waals surface area contributed by atoms with Crippen LogP contribution in [0.5, 0.6) is 0 Å². The van der Waals surface area contributed by atoms with E-state index >= 15 is 0 Å². The van der Waals surface area contributed by atoms with Crippen molar-refractivity contribution in [3.05, 3.63) is 69.5 Å². The average molecular weight is 528 g/mol. The maximum Gasteiger partial charge on any atom is 0.262 e. The van der Waals surface area contributed by atoms with Gasteiger partial charge in [-0.05, 0) is 62.1 Å². The van der Waals surface area contributed by atoms with Crippen LogP contribution in [0.25, 0.3) is 10.9 Å². The predicted molar refractivity (Wildman–Crippen MR) is 143 cm³/mol. The fourth-order valence-electron chi connectivity index (χ4n) is 4.16. The van der Waals surface area contributed by atoms with E-state index in [0.717, 1.165) is 38.7 Å². The number of benzene rings is 2. The van der Waals surface area contributed by atoms with E-state index in [9.17, 15) is 14.4 Å². The van der Waals surface area contributed by atoms with E-state index in [2.05, 4.69) is 10.3 Å². The summed E-state index contributed by atoms with van der Waals surface area (Å²) in [4.78, 5) is 42.7. The number of nitrogens with one attached hydrogen (secondary N) is 1. The Morgan fingerprint density at radius 2 is 1.92 bits per heavy atom. The van der Waals surface area contributed by atoms with Gasteiger partial charge in [-0.2, -0.15) is 0 Å². The predicted octanol–water partition coefficient (Wildman–Crippen LogP) is 4.88. The second-order valence-electron chi connectivity index (χ2n) is 8.84. The molecule has 1 fully saturated rings. The number of carbonyl (C=O) groups excluding carboxylic acids is 2. The first kappa shape index (κ1) is 26.4. The smallest absolute Gasteiger partial charge is 0.262 e. The number of halogens is 1. The molecule has 1 aromatic heterocycles. The number of nitrogens with zero attached hydrogens (tertiary/aromatic N) is 2. The molecule has 1 N–H and O–H groups in total. The minimum absolute atomic E-state index is 0.0343. The summed E-state index contributed by atoms with van der Waals surface area (Å²) in [6, 6.07) is 14.0. The average Bonchev–Trinajstić information content (AvgIpc) is 3.41. The zero-order valence-corrected chi connectivity index (χ0v) is 21.7. The Morgan fingerprint density at radius 1 is 1.11 bits per heavy atom. The summed E-state index contributed by atoms with van der Waals surface area (Å²) in [5, 5.41) is 4.60. The van der Waals surface area contributed by atoms with E-state index in [-0.39, 0.29) is 29.1 Å². The van der Waals surface area contributed by atoms with Gasteiger partial charge in [0.25, 0.3) is 5.56 Å². The van der Waals surface area contributed by atoms with Gasteiger partial charge < -0.3 is 10.1 Å². The summed E-state index contributed by atoms with van der Waals surface area (Å²) in [5.41, 5.74) is 1.07. The molecule has 1 atom stereocenters. The van der Waals surface area contributed by atoms with Gasteiger partial charge in [-0.25, -0.2) is 4.98 Å². The van der Waals surface area contributed by atoms with Gasteiger partial charge in [-0.3, -0.25) is 19.0 Å². The topological polar surface area (TPSA) is 90.3 Å². The van der Waals surface area contributed by atoms with Crippen molar-refractivity contribution < 1.29 is 14.3 Å². The van der Waals surface area contributed by atoms with Crippen LogP contribution in [0, 0.1) is 0 Å². The third-order valence-electron chi connectivity index (χ3n) is 6.16. The highest BCUT2D eigenvalue weighted by Gasteiger charge is 2.16. The molecule has 36 heavy (non-hydrogen) atoms. The van der Waals surface area contributed by atoms with E-state index in [0.29, 0.717) is 46.2 Å². The first-order valence-electron chi connectivity index (χ1n) is 12.3. The molecule has 1 aliphatic heterocycles. The number of hydrogen-bond donors (Lipinski definition) is 1. The van der Waals surface area contributed by atoms with Crippen molar-refractivity contribution in [2.45, 2.75) is 56.3 Å². The molecule has 2 aromatic carbocycles. The van der Waals surface area contributed by atoms with Gasteiger partial charge in [0.1, 0.15) is 0 Å². The number of amides is 1. The zero-order chi connectivity index (χ0) is 25.3. The fourth-order valence-corrected chi connectivity index (χ4v) is 5.20. The highest BCUT2D eigenvalue weighted by molar-refractivity contribution is 7.99. The SMILES string of the molecule is O=C(CCCCCn1c(SCC(=O)c2ccc(Cl)cc2)nc2ccccc2c1=O)NCC1CCCO1. The van der Waals surface area contributed by atoms with Gasteiger partial charge in [0, 0.05) is 36.7 Å². The van der Waals surface area contributed by atoms with Gasteiger partial charge >= 0.3 is 0 Å². The van der Waals surface area contributed by atoms with Crippen molar-refractivity contribution in [1.29, 1.82) is 0 Å². The first-order chi connectivity index (χ1) is 17.5. The Labute approximate surface area is 219 Å². The summed E-state index contributed by atoms with van der Waals surface area (Å²) in [7, 11) is 0. The third kappa shape index (κ3) is 7.18. The summed E-state index contributed by atoms with van der Waals surface area (Å²) >= 11 is 7.19. The number of rotatable bonds is 12. The maximum atomic E-state index is 13.2. The lowest BCUT2D eigenvalue weighted by Crippen LogP contribution is -2.31. The quantitative estimate of drug-likeness (QED) is 0.156. The lowest BCUT2D eigenvalue weighted by atomic mass is 10.1. The molecule has 0 radical (unpaired) electrons. The van der Waals surface area contributed by atoms with Crippen LogP contribution in [-0.4, -0.2) is 46.2 Å². The molecule has 1 aliphatic rings. The van der Waals surface area contributed by atoms with Gasteiger partial charge in [0.05, 0.1) is 22.8 Å². The van der Waals surface area contributed by atoms with Crippen molar-refractivity contribution in [2.24, 2.45) is 0 Å². The van der Waals surface area contributed by atoms with Crippen LogP contribution in [0.1, 0.15) is 48.9 Å². The van der Waals surface area contributed by atoms with Crippen LogP contribution in [0.4, 0.5) is 0 Å². The molecule has 0 saturated carbocycles. The lowest BCUT2D eigenvalue weighted by Gasteiger charge is -2.13. The molecule has 2 heterocycles. The number of carbonyl (C=O) groups is 2. The third-order valence-corrected chi connectivity index (χ3v) is 7.39. The van der Waals surface area contributed by atoms with E-state index in [1.807, 2.05) is 12.1 Å². The fraction of sp³-hybridized carbons (Fsp3) is 0.407. The van der Waals surface area contributed by atoms with E-state index < -0.39 is 0 Å². The molecule has 7 nitrogen and oxygen atoms in total. The second-order valence-corrected chi connectivity index (χ2v) is 10.2. The van der Waals surface area contributed by atoms with Crippen molar-refractivity contribution in [2.75, 3.05) is 18.9 Å². The maximum absolute atomic E-state index is 13.2. The van der Waals surface area contributed by atoms with Crippen molar-refractivity contribution >= 4 is 46.0 Å². The van der Waals surface area contributed by atoms with Crippen LogP contribution in [0.15, 0.2) is 58.5 Å². The summed E-state index contributed by atoms with van der Waals surface area (Å²) in [6.45, 7) is 1.83. The molecule has 0 aliphatic carbocycles. The molecule has 190 valence electrons. The van der Waals surface area contributed by atoms with E-state index in [1.165, 1.54) is 11.8 Å². The molecule has 9 heteroatoms.